The largest absolute Gasteiger partial charge is 0.462 e. The first kappa shape index (κ1) is 13.2. The van der Waals surface area contributed by atoms with Crippen molar-refractivity contribution >= 4 is 44.4 Å². The maximum absolute atomic E-state index is 13.3. The van der Waals surface area contributed by atoms with E-state index in [0.29, 0.717) is 10.9 Å². The fourth-order valence-electron chi connectivity index (χ4n) is 1.51. The molecule has 2 rings (SSSR count). The molecule has 1 heterocycles. The van der Waals surface area contributed by atoms with E-state index in [1.54, 1.807) is 6.92 Å². The monoisotopic (exact) mass is 331 g/mol. The average Bonchev–Trinajstić information content (AvgIpc) is 2.32. The van der Waals surface area contributed by atoms with Crippen molar-refractivity contribution in [2.45, 2.75) is 6.92 Å². The number of halogens is 3. The molecule has 0 aliphatic carbocycles. The molecular formula is C12H8BrClFNO2. The van der Waals surface area contributed by atoms with Crippen LogP contribution in [0.15, 0.2) is 22.8 Å². The zero-order valence-electron chi connectivity index (χ0n) is 9.34. The third kappa shape index (κ3) is 2.33. The first-order chi connectivity index (χ1) is 8.54. The van der Waals surface area contributed by atoms with Gasteiger partial charge in [0.15, 0.2) is 0 Å². The first-order valence-corrected chi connectivity index (χ1v) is 6.32. The van der Waals surface area contributed by atoms with Crippen LogP contribution in [0.2, 0.25) is 5.02 Å². The van der Waals surface area contributed by atoms with Gasteiger partial charge in [-0.15, -0.1) is 0 Å². The number of rotatable bonds is 2. The molecule has 6 heteroatoms. The Labute approximate surface area is 116 Å². The number of hydrogen-bond donors (Lipinski definition) is 0. The molecule has 0 fully saturated rings. The molecule has 0 unspecified atom stereocenters. The van der Waals surface area contributed by atoms with Crippen LogP contribution in [0.4, 0.5) is 4.39 Å². The van der Waals surface area contributed by atoms with Gasteiger partial charge >= 0.3 is 5.97 Å². The second kappa shape index (κ2) is 5.20. The van der Waals surface area contributed by atoms with Gasteiger partial charge in [0.1, 0.15) is 5.82 Å². The summed E-state index contributed by atoms with van der Waals surface area (Å²) in [6.45, 7) is 1.95. The maximum atomic E-state index is 13.3. The minimum atomic E-state index is -0.544. The molecule has 0 spiro atoms. The SMILES string of the molecule is CCOC(=O)c1cnc2cc(F)c(Br)cc2c1Cl. The van der Waals surface area contributed by atoms with E-state index in [9.17, 15) is 9.18 Å². The standard InChI is InChI=1S/C12H8BrClFNO2/c1-2-18-12(17)7-5-16-10-4-9(15)8(13)3-6(10)11(7)14/h3-5H,2H2,1H3. The minimum Gasteiger partial charge on any atom is -0.462 e. The number of nitrogens with zero attached hydrogens (tertiary/aromatic N) is 1. The van der Waals surface area contributed by atoms with Crippen LogP contribution in [0.1, 0.15) is 17.3 Å². The predicted octanol–water partition coefficient (Wildman–Crippen LogP) is 3.97. The van der Waals surface area contributed by atoms with Gasteiger partial charge < -0.3 is 4.74 Å². The molecule has 0 amide bonds. The third-order valence-electron chi connectivity index (χ3n) is 2.34. The van der Waals surface area contributed by atoms with Crippen LogP contribution in [0, 0.1) is 5.82 Å². The highest BCUT2D eigenvalue weighted by Gasteiger charge is 2.16. The number of carbonyl (C=O) groups excluding carboxylic acids is 1. The van der Waals surface area contributed by atoms with Crippen LogP contribution in [0.3, 0.4) is 0 Å². The lowest BCUT2D eigenvalue weighted by atomic mass is 10.1. The highest BCUT2D eigenvalue weighted by Crippen LogP contribution is 2.30. The van der Waals surface area contributed by atoms with Crippen molar-refractivity contribution in [1.29, 1.82) is 0 Å². The molecule has 18 heavy (non-hydrogen) atoms. The van der Waals surface area contributed by atoms with Gasteiger partial charge in [-0.05, 0) is 28.9 Å². The normalized spacial score (nSPS) is 10.7. The van der Waals surface area contributed by atoms with Crippen molar-refractivity contribution in [3.05, 3.63) is 39.2 Å². The molecule has 1 aromatic heterocycles. The lowest BCUT2D eigenvalue weighted by Gasteiger charge is -2.07. The zero-order chi connectivity index (χ0) is 13.3. The van der Waals surface area contributed by atoms with E-state index >= 15 is 0 Å². The van der Waals surface area contributed by atoms with Crippen molar-refractivity contribution < 1.29 is 13.9 Å². The van der Waals surface area contributed by atoms with Crippen LogP contribution < -0.4 is 0 Å². The van der Waals surface area contributed by atoms with Crippen molar-refractivity contribution in [2.75, 3.05) is 6.61 Å². The number of ether oxygens (including phenoxy) is 1. The Morgan fingerprint density at radius 3 is 2.94 bits per heavy atom. The molecule has 0 bridgehead atoms. The quantitative estimate of drug-likeness (QED) is 0.781. The van der Waals surface area contributed by atoms with Gasteiger partial charge in [0.2, 0.25) is 0 Å². The molecule has 0 N–H and O–H groups in total. The number of esters is 1. The molecule has 0 saturated carbocycles. The smallest absolute Gasteiger partial charge is 0.341 e. The van der Waals surface area contributed by atoms with E-state index in [-0.39, 0.29) is 21.7 Å². The number of pyridine rings is 1. The van der Waals surface area contributed by atoms with Gasteiger partial charge in [0.25, 0.3) is 0 Å². The summed E-state index contributed by atoms with van der Waals surface area (Å²) in [5, 5.41) is 0.703. The van der Waals surface area contributed by atoms with Crippen molar-refractivity contribution in [3.63, 3.8) is 0 Å². The van der Waals surface area contributed by atoms with Crippen LogP contribution in [0.25, 0.3) is 10.9 Å². The van der Waals surface area contributed by atoms with Crippen LogP contribution in [-0.4, -0.2) is 17.6 Å². The average molecular weight is 333 g/mol. The van der Waals surface area contributed by atoms with Gasteiger partial charge in [-0.2, -0.15) is 0 Å². The summed E-state index contributed by atoms with van der Waals surface area (Å²) in [7, 11) is 0. The van der Waals surface area contributed by atoms with Crippen molar-refractivity contribution in [1.82, 2.24) is 4.98 Å². The van der Waals surface area contributed by atoms with E-state index in [4.69, 9.17) is 16.3 Å². The molecule has 3 nitrogen and oxygen atoms in total. The summed E-state index contributed by atoms with van der Waals surface area (Å²) >= 11 is 9.18. The second-order valence-corrected chi connectivity index (χ2v) is 4.72. The number of fused-ring (bicyclic) bond motifs is 1. The zero-order valence-corrected chi connectivity index (χ0v) is 11.7. The van der Waals surface area contributed by atoms with Crippen LogP contribution in [-0.2, 0) is 4.74 Å². The first-order valence-electron chi connectivity index (χ1n) is 5.15. The third-order valence-corrected chi connectivity index (χ3v) is 3.35. The molecule has 0 saturated heterocycles. The summed E-state index contributed by atoms with van der Waals surface area (Å²) in [6, 6.07) is 2.74. The fourth-order valence-corrected chi connectivity index (χ4v) is 2.13. The molecular weight excluding hydrogens is 324 g/mol. The van der Waals surface area contributed by atoms with Gasteiger partial charge in [-0.1, -0.05) is 11.6 Å². The molecule has 0 atom stereocenters. The summed E-state index contributed by atoms with van der Waals surface area (Å²) in [5.74, 6) is -0.979. The lowest BCUT2D eigenvalue weighted by molar-refractivity contribution is 0.0526. The fraction of sp³-hybridized carbons (Fsp3) is 0.167. The summed E-state index contributed by atoms with van der Waals surface area (Å²) in [4.78, 5) is 15.6. The summed E-state index contributed by atoms with van der Waals surface area (Å²) < 4.78 is 18.5. The van der Waals surface area contributed by atoms with Crippen LogP contribution in [0.5, 0.6) is 0 Å². The van der Waals surface area contributed by atoms with Gasteiger partial charge in [0, 0.05) is 17.6 Å². The van der Waals surface area contributed by atoms with Gasteiger partial charge in [-0.25, -0.2) is 9.18 Å². The Morgan fingerprint density at radius 2 is 2.28 bits per heavy atom. The highest BCUT2D eigenvalue weighted by atomic mass is 79.9. The van der Waals surface area contributed by atoms with E-state index in [1.165, 1.54) is 18.3 Å². The number of benzene rings is 1. The number of aromatic nitrogens is 1. The maximum Gasteiger partial charge on any atom is 0.341 e. The van der Waals surface area contributed by atoms with Crippen molar-refractivity contribution in [2.24, 2.45) is 0 Å². The molecule has 0 aliphatic rings. The molecule has 2 aromatic rings. The van der Waals surface area contributed by atoms with Gasteiger partial charge in [-0.3, -0.25) is 4.98 Å². The van der Waals surface area contributed by atoms with E-state index < -0.39 is 11.8 Å². The number of carbonyl (C=O) groups is 1. The molecule has 0 radical (unpaired) electrons. The van der Waals surface area contributed by atoms with E-state index in [1.807, 2.05) is 0 Å². The van der Waals surface area contributed by atoms with Crippen LogP contribution >= 0.6 is 27.5 Å². The van der Waals surface area contributed by atoms with E-state index in [2.05, 4.69) is 20.9 Å². The van der Waals surface area contributed by atoms with E-state index in [0.717, 1.165) is 0 Å². The lowest BCUT2D eigenvalue weighted by Crippen LogP contribution is -2.06. The summed E-state index contributed by atoms with van der Waals surface area (Å²) in [6.07, 6.45) is 1.29. The molecule has 0 aliphatic heterocycles. The Hall–Kier alpha value is -1.20. The molecule has 1 aromatic carbocycles. The Morgan fingerprint density at radius 1 is 1.56 bits per heavy atom. The van der Waals surface area contributed by atoms with Gasteiger partial charge in [0.05, 0.1) is 27.2 Å². The Balaban J connectivity index is 2.63. The summed E-state index contributed by atoms with van der Waals surface area (Å²) in [5.41, 5.74) is 0.554. The minimum absolute atomic E-state index is 0.171. The number of hydrogen-bond acceptors (Lipinski definition) is 3. The Kier molecular flexibility index (Phi) is 3.82. The predicted molar refractivity (Wildman–Crippen MR) is 70.4 cm³/mol. The highest BCUT2D eigenvalue weighted by molar-refractivity contribution is 9.10. The topological polar surface area (TPSA) is 39.2 Å². The van der Waals surface area contributed by atoms with Crippen molar-refractivity contribution in [3.8, 4) is 0 Å². The molecule has 94 valence electrons. The Bertz CT molecular complexity index is 633. The second-order valence-electron chi connectivity index (χ2n) is 3.49.